The molecule has 25 heavy (non-hydrogen) atoms. The Morgan fingerprint density at radius 2 is 2.08 bits per heavy atom. The SMILES string of the molecule is COc1ccc(F)cc1CSCC(=O)N1CCC(c2ccccc2)=N1. The Bertz CT molecular complexity index is 780. The molecule has 0 saturated heterocycles. The van der Waals surface area contributed by atoms with Gasteiger partial charge in [-0.2, -0.15) is 5.10 Å². The van der Waals surface area contributed by atoms with Gasteiger partial charge < -0.3 is 4.74 Å². The molecule has 6 heteroatoms. The maximum atomic E-state index is 13.4. The van der Waals surface area contributed by atoms with Crippen LogP contribution in [0.1, 0.15) is 17.5 Å². The number of hydrogen-bond acceptors (Lipinski definition) is 4. The molecule has 0 spiro atoms. The van der Waals surface area contributed by atoms with Crippen LogP contribution in [0.15, 0.2) is 53.6 Å². The number of carbonyl (C=O) groups is 1. The van der Waals surface area contributed by atoms with Gasteiger partial charge in [-0.25, -0.2) is 9.40 Å². The van der Waals surface area contributed by atoms with Crippen molar-refractivity contribution in [2.24, 2.45) is 5.10 Å². The van der Waals surface area contributed by atoms with E-state index in [0.29, 0.717) is 23.8 Å². The van der Waals surface area contributed by atoms with E-state index in [1.54, 1.807) is 13.2 Å². The number of ether oxygens (including phenoxy) is 1. The Morgan fingerprint density at radius 1 is 1.28 bits per heavy atom. The lowest BCUT2D eigenvalue weighted by atomic mass is 10.1. The van der Waals surface area contributed by atoms with Crippen molar-refractivity contribution in [1.82, 2.24) is 5.01 Å². The molecule has 1 amide bonds. The summed E-state index contributed by atoms with van der Waals surface area (Å²) in [6.45, 7) is 0.604. The lowest BCUT2D eigenvalue weighted by Gasteiger charge is -2.12. The Balaban J connectivity index is 1.55. The van der Waals surface area contributed by atoms with Gasteiger partial charge in [0.05, 0.1) is 25.1 Å². The Hall–Kier alpha value is -2.34. The molecular weight excluding hydrogens is 339 g/mol. The fourth-order valence-electron chi connectivity index (χ4n) is 2.65. The quantitative estimate of drug-likeness (QED) is 0.791. The van der Waals surface area contributed by atoms with E-state index in [4.69, 9.17) is 4.74 Å². The molecule has 0 unspecified atom stereocenters. The van der Waals surface area contributed by atoms with E-state index in [9.17, 15) is 9.18 Å². The fourth-order valence-corrected chi connectivity index (χ4v) is 3.52. The van der Waals surface area contributed by atoms with E-state index in [0.717, 1.165) is 23.3 Å². The second-order valence-electron chi connectivity index (χ2n) is 5.63. The minimum Gasteiger partial charge on any atom is -0.496 e. The highest BCUT2D eigenvalue weighted by molar-refractivity contribution is 7.99. The van der Waals surface area contributed by atoms with Crippen LogP contribution in [-0.4, -0.2) is 36.0 Å². The monoisotopic (exact) mass is 358 g/mol. The Morgan fingerprint density at radius 3 is 2.84 bits per heavy atom. The summed E-state index contributed by atoms with van der Waals surface area (Å²) in [5, 5.41) is 5.96. The first kappa shape index (κ1) is 17.5. The van der Waals surface area contributed by atoms with E-state index in [1.165, 1.54) is 28.9 Å². The van der Waals surface area contributed by atoms with Gasteiger partial charge in [-0.15, -0.1) is 11.8 Å². The third-order valence-corrected chi connectivity index (χ3v) is 4.89. The number of benzene rings is 2. The van der Waals surface area contributed by atoms with Gasteiger partial charge in [-0.3, -0.25) is 4.79 Å². The van der Waals surface area contributed by atoms with Crippen molar-refractivity contribution in [3.05, 3.63) is 65.5 Å². The molecule has 0 bridgehead atoms. The molecule has 0 aromatic heterocycles. The van der Waals surface area contributed by atoms with E-state index >= 15 is 0 Å². The number of rotatable bonds is 6. The van der Waals surface area contributed by atoms with Gasteiger partial charge in [0, 0.05) is 17.7 Å². The Kier molecular flexibility index (Phi) is 5.71. The number of thioether (sulfide) groups is 1. The number of hydrogen-bond donors (Lipinski definition) is 0. The van der Waals surface area contributed by atoms with Crippen LogP contribution in [0, 0.1) is 5.82 Å². The molecular formula is C19H19FN2O2S. The molecule has 0 aliphatic carbocycles. The third kappa shape index (κ3) is 4.39. The minimum absolute atomic E-state index is 0.0358. The lowest BCUT2D eigenvalue weighted by molar-refractivity contribution is -0.127. The first-order valence-corrected chi connectivity index (χ1v) is 9.16. The summed E-state index contributed by atoms with van der Waals surface area (Å²) in [6.07, 6.45) is 0.762. The van der Waals surface area contributed by atoms with Crippen LogP contribution in [0.4, 0.5) is 4.39 Å². The topological polar surface area (TPSA) is 41.9 Å². The molecule has 0 saturated carbocycles. The summed E-state index contributed by atoms with van der Waals surface area (Å²) in [7, 11) is 1.55. The highest BCUT2D eigenvalue weighted by atomic mass is 32.2. The summed E-state index contributed by atoms with van der Waals surface area (Å²) in [5.41, 5.74) is 2.73. The maximum absolute atomic E-state index is 13.4. The van der Waals surface area contributed by atoms with Crippen molar-refractivity contribution in [1.29, 1.82) is 0 Å². The Labute approximate surface area is 150 Å². The van der Waals surface area contributed by atoms with Crippen molar-refractivity contribution < 1.29 is 13.9 Å². The molecule has 0 fully saturated rings. The van der Waals surface area contributed by atoms with Crippen molar-refractivity contribution in [3.63, 3.8) is 0 Å². The number of nitrogens with zero attached hydrogens (tertiary/aromatic N) is 2. The van der Waals surface area contributed by atoms with Crippen LogP contribution < -0.4 is 4.74 Å². The summed E-state index contributed by atoms with van der Waals surface area (Å²) in [4.78, 5) is 12.3. The fraction of sp³-hybridized carbons (Fsp3) is 0.263. The van der Waals surface area contributed by atoms with E-state index in [2.05, 4.69) is 5.10 Å². The van der Waals surface area contributed by atoms with Crippen LogP contribution in [0.2, 0.25) is 0 Å². The molecule has 0 atom stereocenters. The predicted molar refractivity (Wildman–Crippen MR) is 98.4 cm³/mol. The van der Waals surface area contributed by atoms with Gasteiger partial charge in [-0.05, 0) is 23.8 Å². The number of halogens is 1. The van der Waals surface area contributed by atoms with E-state index in [1.807, 2.05) is 30.3 Å². The molecule has 2 aromatic carbocycles. The first-order chi connectivity index (χ1) is 12.2. The smallest absolute Gasteiger partial charge is 0.252 e. The number of hydrazone groups is 1. The number of amides is 1. The van der Waals surface area contributed by atoms with Crippen molar-refractivity contribution in [3.8, 4) is 5.75 Å². The second kappa shape index (κ2) is 8.16. The predicted octanol–water partition coefficient (Wildman–Crippen LogP) is 3.70. The molecule has 130 valence electrons. The molecule has 4 nitrogen and oxygen atoms in total. The normalized spacial score (nSPS) is 13.7. The van der Waals surface area contributed by atoms with Crippen LogP contribution in [-0.2, 0) is 10.5 Å². The maximum Gasteiger partial charge on any atom is 0.252 e. The van der Waals surface area contributed by atoms with Crippen molar-refractivity contribution in [2.45, 2.75) is 12.2 Å². The average Bonchev–Trinajstić information content (AvgIpc) is 3.13. The third-order valence-electron chi connectivity index (χ3n) is 3.92. The standard InChI is InChI=1S/C19H19FN2O2S/c1-24-18-8-7-16(20)11-15(18)12-25-13-19(23)22-10-9-17(21-22)14-5-3-2-4-6-14/h2-8,11H,9-10,12-13H2,1H3. The zero-order valence-corrected chi connectivity index (χ0v) is 14.8. The van der Waals surface area contributed by atoms with E-state index < -0.39 is 0 Å². The summed E-state index contributed by atoms with van der Waals surface area (Å²) in [5.74, 6) is 1.10. The van der Waals surface area contributed by atoms with Gasteiger partial charge in [0.25, 0.3) is 5.91 Å². The highest BCUT2D eigenvalue weighted by Gasteiger charge is 2.21. The van der Waals surface area contributed by atoms with Gasteiger partial charge in [0.15, 0.2) is 0 Å². The van der Waals surface area contributed by atoms with Crippen molar-refractivity contribution in [2.75, 3.05) is 19.4 Å². The molecule has 1 heterocycles. The second-order valence-corrected chi connectivity index (χ2v) is 6.61. The average molecular weight is 358 g/mol. The molecule has 2 aromatic rings. The molecule has 1 aliphatic rings. The first-order valence-electron chi connectivity index (χ1n) is 8.01. The largest absolute Gasteiger partial charge is 0.496 e. The number of methoxy groups -OCH3 is 1. The van der Waals surface area contributed by atoms with Gasteiger partial charge in [0.1, 0.15) is 11.6 Å². The highest BCUT2D eigenvalue weighted by Crippen LogP contribution is 2.24. The van der Waals surface area contributed by atoms with Gasteiger partial charge >= 0.3 is 0 Å². The summed E-state index contributed by atoms with van der Waals surface area (Å²) in [6, 6.07) is 14.3. The van der Waals surface area contributed by atoms with Crippen LogP contribution in [0.3, 0.4) is 0 Å². The van der Waals surface area contributed by atoms with Gasteiger partial charge in [0.2, 0.25) is 0 Å². The van der Waals surface area contributed by atoms with E-state index in [-0.39, 0.29) is 11.7 Å². The zero-order valence-electron chi connectivity index (χ0n) is 13.9. The summed E-state index contributed by atoms with van der Waals surface area (Å²) < 4.78 is 18.6. The van der Waals surface area contributed by atoms with Crippen LogP contribution in [0.5, 0.6) is 5.75 Å². The zero-order chi connectivity index (χ0) is 17.6. The molecule has 0 radical (unpaired) electrons. The summed E-state index contributed by atoms with van der Waals surface area (Å²) >= 11 is 1.43. The van der Waals surface area contributed by atoms with Crippen LogP contribution >= 0.6 is 11.8 Å². The molecule has 1 aliphatic heterocycles. The molecule has 0 N–H and O–H groups in total. The number of carbonyl (C=O) groups excluding carboxylic acids is 1. The van der Waals surface area contributed by atoms with Crippen molar-refractivity contribution >= 4 is 23.4 Å². The molecule has 3 rings (SSSR count). The van der Waals surface area contributed by atoms with Gasteiger partial charge in [-0.1, -0.05) is 30.3 Å². The van der Waals surface area contributed by atoms with Crippen LogP contribution in [0.25, 0.3) is 0 Å². The minimum atomic E-state index is -0.306. The lowest BCUT2D eigenvalue weighted by Crippen LogP contribution is -2.25.